The molecule has 272 valence electrons. The monoisotopic (exact) mass is 698 g/mol. The lowest BCUT2D eigenvalue weighted by Gasteiger charge is -2.34. The molecule has 3 aliphatic heterocycles. The fourth-order valence-electron chi connectivity index (χ4n) is 6.36. The van der Waals surface area contributed by atoms with Crippen LogP contribution in [0, 0.1) is 5.82 Å². The van der Waals surface area contributed by atoms with E-state index in [4.69, 9.17) is 4.74 Å². The van der Waals surface area contributed by atoms with Crippen LogP contribution in [0.3, 0.4) is 0 Å². The molecular weight excluding hydrogens is 651 g/mol. The number of cyclic esters (lactones) is 1. The van der Waals surface area contributed by atoms with Crippen molar-refractivity contribution >= 4 is 41.4 Å². The molecule has 3 heterocycles. The minimum absolute atomic E-state index is 0.0485. The molecule has 15 heteroatoms. The van der Waals surface area contributed by atoms with Crippen molar-refractivity contribution in [2.45, 2.75) is 102 Å². The Morgan fingerprint density at radius 2 is 1.62 bits per heavy atom. The predicted molar refractivity (Wildman–Crippen MR) is 178 cm³/mol. The lowest BCUT2D eigenvalue weighted by Crippen LogP contribution is -2.60. The second kappa shape index (κ2) is 17.2. The molecule has 0 saturated carbocycles. The highest BCUT2D eigenvalue weighted by atomic mass is 19.1. The summed E-state index contributed by atoms with van der Waals surface area (Å²) in [5, 5.41) is 7.92. The number of benzene rings is 1. The van der Waals surface area contributed by atoms with Crippen molar-refractivity contribution < 1.29 is 42.7 Å². The van der Waals surface area contributed by atoms with Crippen LogP contribution in [0.1, 0.15) is 64.9 Å². The van der Waals surface area contributed by atoms with Crippen LogP contribution < -0.4 is 16.0 Å². The highest BCUT2D eigenvalue weighted by Gasteiger charge is 2.43. The number of rotatable bonds is 8. The maximum Gasteiger partial charge on any atom is 0.328 e. The number of hydrogen-bond acceptors (Lipinski definition) is 8. The molecule has 3 fully saturated rings. The minimum Gasteiger partial charge on any atom is -0.461 e. The first-order chi connectivity index (χ1) is 23.8. The van der Waals surface area contributed by atoms with Crippen LogP contribution >= 0.6 is 0 Å². The highest BCUT2D eigenvalue weighted by molar-refractivity contribution is 5.98. The Bertz CT molecular complexity index is 1490. The first-order valence-electron chi connectivity index (χ1n) is 17.2. The number of carbonyl (C=O) groups is 7. The van der Waals surface area contributed by atoms with Crippen molar-refractivity contribution in [1.29, 1.82) is 0 Å². The Kier molecular flexibility index (Phi) is 13.1. The Balaban J connectivity index is 1.65. The molecule has 3 saturated heterocycles. The molecule has 6 amide bonds. The smallest absolute Gasteiger partial charge is 0.328 e. The van der Waals surface area contributed by atoms with Crippen molar-refractivity contribution in [2.75, 3.05) is 26.7 Å². The number of esters is 1. The van der Waals surface area contributed by atoms with Crippen molar-refractivity contribution in [3.63, 3.8) is 0 Å². The van der Waals surface area contributed by atoms with Crippen molar-refractivity contribution in [1.82, 2.24) is 30.7 Å². The van der Waals surface area contributed by atoms with E-state index in [2.05, 4.69) is 16.0 Å². The summed E-state index contributed by atoms with van der Waals surface area (Å²) in [6.45, 7) is 4.78. The van der Waals surface area contributed by atoms with E-state index in [1.165, 1.54) is 65.9 Å². The van der Waals surface area contributed by atoms with E-state index in [0.717, 1.165) is 6.42 Å². The summed E-state index contributed by atoms with van der Waals surface area (Å²) < 4.78 is 19.2. The van der Waals surface area contributed by atoms with Gasteiger partial charge in [0.15, 0.2) is 0 Å². The molecule has 0 spiro atoms. The van der Waals surface area contributed by atoms with Gasteiger partial charge in [-0.25, -0.2) is 9.18 Å². The molecule has 0 aromatic heterocycles. The van der Waals surface area contributed by atoms with E-state index in [-0.39, 0.29) is 19.5 Å². The van der Waals surface area contributed by atoms with Gasteiger partial charge in [0.1, 0.15) is 48.7 Å². The minimum atomic E-state index is -1.47. The normalized spacial score (nSPS) is 26.0. The van der Waals surface area contributed by atoms with E-state index in [1.807, 2.05) is 6.92 Å². The van der Waals surface area contributed by atoms with Gasteiger partial charge in [-0.1, -0.05) is 31.6 Å². The predicted octanol–water partition coefficient (Wildman–Crippen LogP) is 0.585. The fraction of sp³-hybridized carbons (Fsp3) is 0.571. The summed E-state index contributed by atoms with van der Waals surface area (Å²) in [6, 6.07) is -1.19. The number of halogens is 1. The largest absolute Gasteiger partial charge is 0.461 e. The molecule has 14 nitrogen and oxygen atoms in total. The molecule has 3 N–H and O–H groups in total. The van der Waals surface area contributed by atoms with Crippen LogP contribution in [-0.2, 0) is 44.7 Å². The van der Waals surface area contributed by atoms with Gasteiger partial charge < -0.3 is 35.4 Å². The van der Waals surface area contributed by atoms with E-state index >= 15 is 0 Å². The average molecular weight is 699 g/mol. The summed E-state index contributed by atoms with van der Waals surface area (Å²) in [6.07, 6.45) is 5.93. The zero-order chi connectivity index (χ0) is 36.5. The topological polar surface area (TPSA) is 175 Å². The molecule has 0 radical (unpaired) electrons. The number of allylic oxidation sites excluding steroid dienone is 1. The molecule has 0 unspecified atom stereocenters. The second-order valence-electron chi connectivity index (χ2n) is 13.0. The summed E-state index contributed by atoms with van der Waals surface area (Å²) in [7, 11) is 1.44. The van der Waals surface area contributed by atoms with E-state index in [9.17, 15) is 38.0 Å². The van der Waals surface area contributed by atoms with Gasteiger partial charge in [0.2, 0.25) is 35.4 Å². The van der Waals surface area contributed by atoms with Gasteiger partial charge >= 0.3 is 5.97 Å². The summed E-state index contributed by atoms with van der Waals surface area (Å²) in [5.74, 6) is -4.86. The van der Waals surface area contributed by atoms with Gasteiger partial charge in [-0.3, -0.25) is 28.8 Å². The first kappa shape index (κ1) is 38.0. The third kappa shape index (κ3) is 9.24. The quantitative estimate of drug-likeness (QED) is 0.261. The van der Waals surface area contributed by atoms with Gasteiger partial charge in [0.05, 0.1) is 0 Å². The molecular formula is C35H47FN6O8. The standard InChI is InChI=1S/C35H47FN6O8/c1-5-6-7-12-29(43)38-25(19-23-13-15-24(36)16-14-23)31(45)39-26-20-50-35(49)28-11-9-18-42(28)32(46)21(2)37-30(44)22(3)40(4)34(48)27-10-8-17-41(27)33(26)47/h7,12-16,21-22,25-28H,5-6,8-11,17-20H2,1-4H3,(H,37,44)(H,38,43)(H,39,45)/b12-7+/t21-,22-,25-,26-,27-,28-/m0/s1. The van der Waals surface area contributed by atoms with Gasteiger partial charge in [-0.05, 0) is 69.7 Å². The summed E-state index contributed by atoms with van der Waals surface area (Å²) in [5.41, 5.74) is 0.534. The van der Waals surface area contributed by atoms with Crippen LogP contribution in [0.5, 0.6) is 0 Å². The number of nitrogens with one attached hydrogen (secondary N) is 3. The van der Waals surface area contributed by atoms with Gasteiger partial charge in [0.25, 0.3) is 0 Å². The summed E-state index contributed by atoms with van der Waals surface area (Å²) >= 11 is 0. The average Bonchev–Trinajstić information content (AvgIpc) is 3.79. The van der Waals surface area contributed by atoms with Crippen LogP contribution in [0.2, 0.25) is 0 Å². The number of fused-ring (bicyclic) bond motifs is 2. The SMILES string of the molecule is CCC/C=C/C(=O)N[C@@H](Cc1ccc(F)cc1)C(=O)N[C@H]1COC(=O)[C@@H]2CCCN2C(=O)[C@H](C)NC(=O)[C@H](C)N(C)C(=O)[C@@H]2CCCN2C1=O. The highest BCUT2D eigenvalue weighted by Crippen LogP contribution is 2.23. The van der Waals surface area contributed by atoms with E-state index < -0.39 is 90.1 Å². The Labute approximate surface area is 291 Å². The van der Waals surface area contributed by atoms with E-state index in [0.29, 0.717) is 37.7 Å². The number of hydrogen-bond donors (Lipinski definition) is 3. The lowest BCUT2D eigenvalue weighted by molar-refractivity contribution is -0.158. The number of nitrogens with zero attached hydrogens (tertiary/aromatic N) is 3. The third-order valence-electron chi connectivity index (χ3n) is 9.38. The number of ether oxygens (including phenoxy) is 1. The van der Waals surface area contributed by atoms with Crippen LogP contribution in [0.15, 0.2) is 36.4 Å². The fourth-order valence-corrected chi connectivity index (χ4v) is 6.36. The van der Waals surface area contributed by atoms with Gasteiger partial charge in [-0.2, -0.15) is 0 Å². The van der Waals surface area contributed by atoms with Crippen LogP contribution in [0.25, 0.3) is 0 Å². The number of likely N-dealkylation sites (N-methyl/N-ethyl adjacent to an activating group) is 1. The molecule has 4 rings (SSSR count). The molecule has 0 bridgehead atoms. The number of unbranched alkanes of at least 4 members (excludes halogenated alkanes) is 1. The van der Waals surface area contributed by atoms with Crippen LogP contribution in [0.4, 0.5) is 4.39 Å². The second-order valence-corrected chi connectivity index (χ2v) is 13.0. The maximum absolute atomic E-state index is 14.2. The van der Waals surface area contributed by atoms with Crippen LogP contribution in [-0.4, -0.2) is 119 Å². The number of amides is 6. The van der Waals surface area contributed by atoms with E-state index in [1.54, 1.807) is 6.08 Å². The molecule has 1 aromatic carbocycles. The van der Waals surface area contributed by atoms with Gasteiger partial charge in [0, 0.05) is 26.6 Å². The maximum atomic E-state index is 14.2. The zero-order valence-corrected chi connectivity index (χ0v) is 29.0. The molecule has 50 heavy (non-hydrogen) atoms. The Morgan fingerprint density at radius 1 is 0.980 bits per heavy atom. The third-order valence-corrected chi connectivity index (χ3v) is 9.38. The Morgan fingerprint density at radius 3 is 2.28 bits per heavy atom. The van der Waals surface area contributed by atoms with Gasteiger partial charge in [-0.15, -0.1) is 0 Å². The lowest BCUT2D eigenvalue weighted by atomic mass is 10.0. The van der Waals surface area contributed by atoms with Crippen molar-refractivity contribution in [3.8, 4) is 0 Å². The summed E-state index contributed by atoms with van der Waals surface area (Å²) in [4.78, 5) is 98.2. The molecule has 0 aliphatic carbocycles. The Hall–Kier alpha value is -4.82. The zero-order valence-electron chi connectivity index (χ0n) is 29.0. The molecule has 1 aromatic rings. The van der Waals surface area contributed by atoms with Crippen molar-refractivity contribution in [3.05, 3.63) is 47.8 Å². The molecule has 3 aliphatic rings. The molecule has 6 atom stereocenters. The first-order valence-corrected chi connectivity index (χ1v) is 17.2. The van der Waals surface area contributed by atoms with Crippen molar-refractivity contribution in [2.24, 2.45) is 0 Å². The number of carbonyl (C=O) groups excluding carboxylic acids is 7.